The summed E-state index contributed by atoms with van der Waals surface area (Å²) in [5.74, 6) is -0.997. The van der Waals surface area contributed by atoms with Crippen molar-refractivity contribution in [1.82, 2.24) is 5.48 Å². The third-order valence-corrected chi connectivity index (χ3v) is 3.11. The summed E-state index contributed by atoms with van der Waals surface area (Å²) in [7, 11) is 0. The zero-order valence-electron chi connectivity index (χ0n) is 9.97. The summed E-state index contributed by atoms with van der Waals surface area (Å²) in [6, 6.07) is 0. The Hall–Kier alpha value is -1.33. The van der Waals surface area contributed by atoms with Gasteiger partial charge < -0.3 is 5.11 Å². The molecule has 0 spiro atoms. The van der Waals surface area contributed by atoms with Crippen molar-refractivity contribution >= 4 is 17.3 Å². The lowest BCUT2D eigenvalue weighted by atomic mass is 10.1. The topological polar surface area (TPSA) is 58.6 Å². The highest BCUT2D eigenvalue weighted by molar-refractivity contribution is 7.08. The molecule has 1 unspecified atom stereocenters. The van der Waals surface area contributed by atoms with Crippen molar-refractivity contribution in [1.29, 1.82) is 0 Å². The Bertz CT molecular complexity index is 387. The number of hydrogen-bond acceptors (Lipinski definition) is 4. The van der Waals surface area contributed by atoms with Crippen molar-refractivity contribution in [3.05, 3.63) is 34.2 Å². The second kappa shape index (κ2) is 7.09. The quantitative estimate of drug-likeness (QED) is 0.735. The molecule has 0 radical (unpaired) electrons. The Morgan fingerprint density at radius 2 is 2.41 bits per heavy atom. The Balaban J connectivity index is 2.57. The molecule has 0 bridgehead atoms. The van der Waals surface area contributed by atoms with E-state index in [0.717, 1.165) is 18.4 Å². The number of rotatable bonds is 7. The van der Waals surface area contributed by atoms with Crippen LogP contribution in [0.5, 0.6) is 0 Å². The highest BCUT2D eigenvalue weighted by atomic mass is 32.1. The van der Waals surface area contributed by atoms with Gasteiger partial charge in [-0.05, 0) is 29.7 Å². The summed E-state index contributed by atoms with van der Waals surface area (Å²) in [5.41, 5.74) is 4.19. The van der Waals surface area contributed by atoms with Crippen LogP contribution in [0.4, 0.5) is 0 Å². The van der Waals surface area contributed by atoms with Gasteiger partial charge >= 0.3 is 5.97 Å². The average molecular weight is 255 g/mol. The molecule has 0 aliphatic heterocycles. The summed E-state index contributed by atoms with van der Waals surface area (Å²) in [6.45, 7) is 3.94. The summed E-state index contributed by atoms with van der Waals surface area (Å²) in [5, 5.41) is 12.8. The number of carboxylic acids is 1. The molecule has 5 heteroatoms. The number of allylic oxidation sites excluding steroid dienone is 1. The SMILES string of the molecule is CCCC=CNOC(C(=O)O)c1cscc1C. The Morgan fingerprint density at radius 1 is 1.65 bits per heavy atom. The molecular weight excluding hydrogens is 238 g/mol. The van der Waals surface area contributed by atoms with Gasteiger partial charge in [0, 0.05) is 11.8 Å². The zero-order chi connectivity index (χ0) is 12.7. The number of carbonyl (C=O) groups is 1. The van der Waals surface area contributed by atoms with Gasteiger partial charge in [-0.2, -0.15) is 11.3 Å². The molecule has 0 aliphatic carbocycles. The molecule has 17 heavy (non-hydrogen) atoms. The molecule has 2 N–H and O–H groups in total. The van der Waals surface area contributed by atoms with Gasteiger partial charge in [-0.15, -0.1) is 0 Å². The maximum absolute atomic E-state index is 11.1. The number of carboxylic acid groups (broad SMARTS) is 1. The fraction of sp³-hybridized carbons (Fsp3) is 0.417. The van der Waals surface area contributed by atoms with Gasteiger partial charge in [0.25, 0.3) is 0 Å². The van der Waals surface area contributed by atoms with Crippen LogP contribution in [0.3, 0.4) is 0 Å². The highest BCUT2D eigenvalue weighted by Crippen LogP contribution is 2.24. The van der Waals surface area contributed by atoms with Gasteiger partial charge in [-0.1, -0.05) is 19.4 Å². The van der Waals surface area contributed by atoms with Crippen molar-refractivity contribution in [2.75, 3.05) is 0 Å². The number of aliphatic carboxylic acids is 1. The first-order chi connectivity index (χ1) is 8.16. The van der Waals surface area contributed by atoms with E-state index in [4.69, 9.17) is 9.94 Å². The van der Waals surface area contributed by atoms with E-state index < -0.39 is 12.1 Å². The molecule has 1 rings (SSSR count). The molecule has 0 fully saturated rings. The van der Waals surface area contributed by atoms with Crippen LogP contribution in [0.1, 0.15) is 37.0 Å². The van der Waals surface area contributed by atoms with E-state index in [-0.39, 0.29) is 0 Å². The maximum Gasteiger partial charge on any atom is 0.340 e. The van der Waals surface area contributed by atoms with Crippen molar-refractivity contribution in [3.63, 3.8) is 0 Å². The molecule has 1 aromatic rings. The first-order valence-electron chi connectivity index (χ1n) is 5.48. The molecule has 0 amide bonds. The smallest absolute Gasteiger partial charge is 0.340 e. The first-order valence-corrected chi connectivity index (χ1v) is 6.42. The van der Waals surface area contributed by atoms with Gasteiger partial charge in [0.05, 0.1) is 0 Å². The summed E-state index contributed by atoms with van der Waals surface area (Å²) in [4.78, 5) is 16.2. The molecule has 1 heterocycles. The second-order valence-corrected chi connectivity index (χ2v) is 4.40. The second-order valence-electron chi connectivity index (χ2n) is 3.66. The molecule has 94 valence electrons. The van der Waals surface area contributed by atoms with Crippen molar-refractivity contribution in [2.24, 2.45) is 0 Å². The van der Waals surface area contributed by atoms with Crippen LogP contribution in [0.15, 0.2) is 23.0 Å². The number of nitrogens with one attached hydrogen (secondary N) is 1. The van der Waals surface area contributed by atoms with Crippen LogP contribution in [0.25, 0.3) is 0 Å². The number of aryl methyl sites for hydroxylation is 1. The molecule has 1 aromatic heterocycles. The minimum Gasteiger partial charge on any atom is -0.479 e. The predicted octanol–water partition coefficient (Wildman–Crippen LogP) is 3.02. The van der Waals surface area contributed by atoms with E-state index in [9.17, 15) is 4.79 Å². The van der Waals surface area contributed by atoms with Gasteiger partial charge in [-0.25, -0.2) is 4.79 Å². The Labute approximate surface area is 105 Å². The van der Waals surface area contributed by atoms with E-state index >= 15 is 0 Å². The van der Waals surface area contributed by atoms with Gasteiger partial charge in [0.1, 0.15) is 0 Å². The van der Waals surface area contributed by atoms with Gasteiger partial charge in [-0.3, -0.25) is 10.3 Å². The van der Waals surface area contributed by atoms with Crippen LogP contribution < -0.4 is 5.48 Å². The average Bonchev–Trinajstić information content (AvgIpc) is 2.69. The number of unbranched alkanes of at least 4 members (excludes halogenated alkanes) is 1. The molecule has 0 aromatic carbocycles. The highest BCUT2D eigenvalue weighted by Gasteiger charge is 2.23. The fourth-order valence-corrected chi connectivity index (χ4v) is 2.16. The molecule has 4 nitrogen and oxygen atoms in total. The van der Waals surface area contributed by atoms with E-state index in [1.54, 1.807) is 11.6 Å². The van der Waals surface area contributed by atoms with Crippen LogP contribution >= 0.6 is 11.3 Å². The largest absolute Gasteiger partial charge is 0.479 e. The molecule has 1 atom stereocenters. The minimum atomic E-state index is -0.997. The van der Waals surface area contributed by atoms with E-state index in [1.807, 2.05) is 18.4 Å². The first kappa shape index (κ1) is 13.7. The van der Waals surface area contributed by atoms with E-state index in [1.165, 1.54) is 11.3 Å². The summed E-state index contributed by atoms with van der Waals surface area (Å²) < 4.78 is 0. The lowest BCUT2D eigenvalue weighted by Crippen LogP contribution is -2.21. The molecule has 0 saturated heterocycles. The lowest BCUT2D eigenvalue weighted by Gasteiger charge is -2.12. The lowest BCUT2D eigenvalue weighted by molar-refractivity contribution is -0.154. The van der Waals surface area contributed by atoms with E-state index in [0.29, 0.717) is 5.56 Å². The molecule has 0 aliphatic rings. The van der Waals surface area contributed by atoms with Crippen LogP contribution in [-0.4, -0.2) is 11.1 Å². The van der Waals surface area contributed by atoms with Crippen LogP contribution in [0.2, 0.25) is 0 Å². The summed E-state index contributed by atoms with van der Waals surface area (Å²) >= 11 is 1.47. The van der Waals surface area contributed by atoms with Crippen molar-refractivity contribution in [3.8, 4) is 0 Å². The normalized spacial score (nSPS) is 12.8. The van der Waals surface area contributed by atoms with Crippen molar-refractivity contribution < 1.29 is 14.7 Å². The van der Waals surface area contributed by atoms with Gasteiger partial charge in [0.15, 0.2) is 0 Å². The monoisotopic (exact) mass is 255 g/mol. The van der Waals surface area contributed by atoms with E-state index in [2.05, 4.69) is 12.4 Å². The van der Waals surface area contributed by atoms with Crippen LogP contribution in [0, 0.1) is 6.92 Å². The maximum atomic E-state index is 11.1. The fourth-order valence-electron chi connectivity index (χ4n) is 1.29. The predicted molar refractivity (Wildman–Crippen MR) is 67.7 cm³/mol. The number of thiophene rings is 1. The summed E-state index contributed by atoms with van der Waals surface area (Å²) in [6.07, 6.45) is 4.54. The standard InChI is InChI=1S/C12H17NO3S/c1-3-4-5-6-13-16-11(12(14)15)10-8-17-7-9(10)2/h5-8,11,13H,3-4H2,1-2H3,(H,14,15). The minimum absolute atomic E-state index is 0.693. The van der Waals surface area contributed by atoms with Crippen molar-refractivity contribution in [2.45, 2.75) is 32.8 Å². The number of hydroxylamine groups is 1. The molecule has 0 saturated carbocycles. The van der Waals surface area contributed by atoms with Gasteiger partial charge in [0.2, 0.25) is 6.10 Å². The number of hydrogen-bond donors (Lipinski definition) is 2. The third-order valence-electron chi connectivity index (χ3n) is 2.23. The Morgan fingerprint density at radius 3 is 2.94 bits per heavy atom. The third kappa shape index (κ3) is 4.20. The molecular formula is C12H17NO3S. The Kier molecular flexibility index (Phi) is 5.72. The zero-order valence-corrected chi connectivity index (χ0v) is 10.8. The van der Waals surface area contributed by atoms with Crippen LogP contribution in [-0.2, 0) is 9.63 Å².